The zero-order valence-electron chi connectivity index (χ0n) is 16.4. The second-order valence-corrected chi connectivity index (χ2v) is 8.05. The van der Waals surface area contributed by atoms with E-state index < -0.39 is 0 Å². The fraction of sp³-hybridized carbons (Fsp3) is 0.524. The fourth-order valence-electron chi connectivity index (χ4n) is 4.66. The molecule has 3 aromatic rings. The van der Waals surface area contributed by atoms with Crippen LogP contribution in [-0.2, 0) is 20.0 Å². The van der Waals surface area contributed by atoms with Gasteiger partial charge in [0.1, 0.15) is 11.6 Å². The fourth-order valence-corrected chi connectivity index (χ4v) is 4.66. The molecule has 3 aromatic heterocycles. The average Bonchev–Trinajstić information content (AvgIpc) is 3.38. The number of rotatable bonds is 4. The van der Waals surface area contributed by atoms with Crippen molar-refractivity contribution in [2.75, 3.05) is 6.54 Å². The molecule has 2 aliphatic rings. The molecular formula is C21H27N7. The van der Waals surface area contributed by atoms with E-state index in [0.29, 0.717) is 5.92 Å². The van der Waals surface area contributed by atoms with Crippen LogP contribution in [-0.4, -0.2) is 40.9 Å². The molecule has 0 radical (unpaired) electrons. The van der Waals surface area contributed by atoms with Crippen LogP contribution in [0.25, 0.3) is 0 Å². The van der Waals surface area contributed by atoms with Crippen molar-refractivity contribution >= 4 is 0 Å². The highest BCUT2D eigenvalue weighted by atomic mass is 15.2. The third-order valence-electron chi connectivity index (χ3n) is 6.27. The number of hydrogen-bond donors (Lipinski definition) is 1. The van der Waals surface area contributed by atoms with Crippen LogP contribution in [0.3, 0.4) is 0 Å². The van der Waals surface area contributed by atoms with Gasteiger partial charge >= 0.3 is 0 Å². The Labute approximate surface area is 165 Å². The van der Waals surface area contributed by atoms with Crippen LogP contribution in [0, 0.1) is 0 Å². The van der Waals surface area contributed by atoms with Crippen molar-refractivity contribution in [3.8, 4) is 0 Å². The molecule has 146 valence electrons. The van der Waals surface area contributed by atoms with Crippen LogP contribution in [0.4, 0.5) is 0 Å². The first-order chi connectivity index (χ1) is 13.8. The highest BCUT2D eigenvalue weighted by Gasteiger charge is 2.32. The summed E-state index contributed by atoms with van der Waals surface area (Å²) >= 11 is 0. The van der Waals surface area contributed by atoms with E-state index in [9.17, 15) is 0 Å². The summed E-state index contributed by atoms with van der Waals surface area (Å²) in [5.41, 5.74) is 3.42. The lowest BCUT2D eigenvalue weighted by atomic mass is 9.88. The summed E-state index contributed by atoms with van der Waals surface area (Å²) in [6.45, 7) is 1.74. The maximum Gasteiger partial charge on any atom is 0.131 e. The molecule has 1 aliphatic heterocycles. The van der Waals surface area contributed by atoms with Gasteiger partial charge in [0.2, 0.25) is 0 Å². The molecule has 0 aromatic carbocycles. The van der Waals surface area contributed by atoms with E-state index in [0.717, 1.165) is 42.4 Å². The average molecular weight is 377 g/mol. The molecule has 4 heterocycles. The van der Waals surface area contributed by atoms with Crippen molar-refractivity contribution in [2.24, 2.45) is 7.05 Å². The molecule has 0 spiro atoms. The lowest BCUT2D eigenvalue weighted by molar-refractivity contribution is 0.193. The molecule has 0 bridgehead atoms. The van der Waals surface area contributed by atoms with E-state index >= 15 is 0 Å². The Balaban J connectivity index is 1.45. The molecular weight excluding hydrogens is 350 g/mol. The van der Waals surface area contributed by atoms with Crippen molar-refractivity contribution in [1.82, 2.24) is 34.4 Å². The van der Waals surface area contributed by atoms with Gasteiger partial charge in [-0.25, -0.2) is 19.9 Å². The minimum Gasteiger partial charge on any atom is -0.348 e. The number of nitrogens with one attached hydrogen (secondary N) is 1. The number of aromatic amines is 1. The SMILES string of the molecule is Cn1ccnc1CN1CCc2[nH]cnc2[C@H]1c1cnc(C2CCCCC2)nc1. The second-order valence-electron chi connectivity index (χ2n) is 8.05. The quantitative estimate of drug-likeness (QED) is 0.756. The standard InChI is InChI=1S/C21H27N7/c1-27-10-8-22-18(27)13-28-9-7-17-19(26-14-25-17)20(28)16-11-23-21(24-12-16)15-5-3-2-4-6-15/h8,10-12,14-15,20H,2-7,9,13H2,1H3,(H,25,26)/t20-/m1/s1. The van der Waals surface area contributed by atoms with Crippen LogP contribution in [0.1, 0.15) is 72.7 Å². The maximum atomic E-state index is 4.79. The number of H-pyrrole nitrogens is 1. The van der Waals surface area contributed by atoms with Crippen molar-refractivity contribution in [3.05, 3.63) is 59.7 Å². The Morgan fingerprint density at radius 2 is 1.89 bits per heavy atom. The van der Waals surface area contributed by atoms with Gasteiger partial charge in [-0.05, 0) is 12.8 Å². The minimum atomic E-state index is 0.0621. The van der Waals surface area contributed by atoms with E-state index in [1.807, 2.05) is 31.8 Å². The highest BCUT2D eigenvalue weighted by Crippen LogP contribution is 2.35. The van der Waals surface area contributed by atoms with Crippen LogP contribution < -0.4 is 0 Å². The van der Waals surface area contributed by atoms with E-state index in [4.69, 9.17) is 9.97 Å². The van der Waals surface area contributed by atoms with Gasteiger partial charge in [0.05, 0.1) is 24.6 Å². The predicted octanol–water partition coefficient (Wildman–Crippen LogP) is 3.13. The third kappa shape index (κ3) is 3.24. The number of aromatic nitrogens is 6. The molecule has 1 fully saturated rings. The van der Waals surface area contributed by atoms with Gasteiger partial charge in [0.25, 0.3) is 0 Å². The first-order valence-corrected chi connectivity index (χ1v) is 10.3. The third-order valence-corrected chi connectivity index (χ3v) is 6.27. The lowest BCUT2D eigenvalue weighted by Gasteiger charge is -2.34. The van der Waals surface area contributed by atoms with Gasteiger partial charge in [-0.15, -0.1) is 0 Å². The Bertz CT molecular complexity index is 920. The van der Waals surface area contributed by atoms with Crippen molar-refractivity contribution in [1.29, 1.82) is 0 Å². The summed E-state index contributed by atoms with van der Waals surface area (Å²) in [5.74, 6) is 2.60. The van der Waals surface area contributed by atoms with Crippen LogP contribution in [0.2, 0.25) is 0 Å². The largest absolute Gasteiger partial charge is 0.348 e. The highest BCUT2D eigenvalue weighted by molar-refractivity contribution is 5.30. The molecule has 0 saturated heterocycles. The molecule has 7 heteroatoms. The molecule has 1 atom stereocenters. The second kappa shape index (κ2) is 7.47. The number of fused-ring (bicyclic) bond motifs is 1. The van der Waals surface area contributed by atoms with E-state index in [-0.39, 0.29) is 6.04 Å². The van der Waals surface area contributed by atoms with E-state index in [2.05, 4.69) is 24.4 Å². The zero-order chi connectivity index (χ0) is 18.9. The van der Waals surface area contributed by atoms with Crippen molar-refractivity contribution < 1.29 is 0 Å². The minimum absolute atomic E-state index is 0.0621. The molecule has 5 rings (SSSR count). The van der Waals surface area contributed by atoms with Gasteiger partial charge < -0.3 is 9.55 Å². The molecule has 1 aliphatic carbocycles. The predicted molar refractivity (Wildman–Crippen MR) is 106 cm³/mol. The number of imidazole rings is 2. The first kappa shape index (κ1) is 17.6. The molecule has 0 amide bonds. The lowest BCUT2D eigenvalue weighted by Crippen LogP contribution is -2.36. The summed E-state index contributed by atoms with van der Waals surface area (Å²) < 4.78 is 2.08. The van der Waals surface area contributed by atoms with E-state index in [1.54, 1.807) is 6.33 Å². The summed E-state index contributed by atoms with van der Waals surface area (Å²) in [5, 5.41) is 0. The monoisotopic (exact) mass is 377 g/mol. The summed E-state index contributed by atoms with van der Waals surface area (Å²) in [6.07, 6.45) is 17.1. The van der Waals surface area contributed by atoms with Gasteiger partial charge in [0.15, 0.2) is 0 Å². The topological polar surface area (TPSA) is 75.5 Å². The smallest absolute Gasteiger partial charge is 0.131 e. The van der Waals surface area contributed by atoms with E-state index in [1.165, 1.54) is 37.8 Å². The number of nitrogens with zero attached hydrogens (tertiary/aromatic N) is 6. The van der Waals surface area contributed by atoms with Gasteiger partial charge in [-0.2, -0.15) is 0 Å². The number of hydrogen-bond acceptors (Lipinski definition) is 5. The Morgan fingerprint density at radius 3 is 2.64 bits per heavy atom. The van der Waals surface area contributed by atoms with Gasteiger partial charge in [-0.1, -0.05) is 19.3 Å². The van der Waals surface area contributed by atoms with Crippen LogP contribution in [0.15, 0.2) is 31.1 Å². The molecule has 28 heavy (non-hydrogen) atoms. The molecule has 1 saturated carbocycles. The van der Waals surface area contributed by atoms with Crippen molar-refractivity contribution in [2.45, 2.75) is 57.0 Å². The summed E-state index contributed by atoms with van der Waals surface area (Å²) in [6, 6.07) is 0.0621. The van der Waals surface area contributed by atoms with Crippen molar-refractivity contribution in [3.63, 3.8) is 0 Å². The van der Waals surface area contributed by atoms with Crippen LogP contribution >= 0.6 is 0 Å². The Morgan fingerprint density at radius 1 is 1.07 bits per heavy atom. The summed E-state index contributed by atoms with van der Waals surface area (Å²) in [4.78, 5) is 24.5. The molecule has 1 N–H and O–H groups in total. The van der Waals surface area contributed by atoms with Gasteiger partial charge in [-0.3, -0.25) is 4.90 Å². The molecule has 7 nitrogen and oxygen atoms in total. The first-order valence-electron chi connectivity index (χ1n) is 10.3. The Hall–Kier alpha value is -2.54. The normalized spacial score (nSPS) is 21.0. The zero-order valence-corrected chi connectivity index (χ0v) is 16.4. The van der Waals surface area contributed by atoms with Gasteiger partial charge in [0, 0.05) is 62.0 Å². The maximum absolute atomic E-state index is 4.79. The molecule has 0 unspecified atom stereocenters. The number of aryl methyl sites for hydroxylation is 1. The Kier molecular flexibility index (Phi) is 4.68. The van der Waals surface area contributed by atoms with Crippen LogP contribution in [0.5, 0.6) is 0 Å². The summed E-state index contributed by atoms with van der Waals surface area (Å²) in [7, 11) is 2.04.